The Morgan fingerprint density at radius 1 is 1.05 bits per heavy atom. The monoisotopic (exact) mass is 300 g/mol. The van der Waals surface area contributed by atoms with Crippen LogP contribution in [0.3, 0.4) is 0 Å². The first-order valence-corrected chi connectivity index (χ1v) is 8.43. The first-order valence-electron chi connectivity index (χ1n) is 6.65. The molecule has 1 fully saturated rings. The van der Waals surface area contributed by atoms with Gasteiger partial charge >= 0.3 is 10.2 Å². The summed E-state index contributed by atoms with van der Waals surface area (Å²) in [6, 6.07) is 5.46. The van der Waals surface area contributed by atoms with E-state index in [1.165, 1.54) is 0 Å². The zero-order valence-corrected chi connectivity index (χ0v) is 12.3. The molecule has 104 valence electrons. The quantitative estimate of drug-likeness (QED) is 0.842. The smallest absolute Gasteiger partial charge is 0.257 e. The molecule has 2 aliphatic rings. The van der Waals surface area contributed by atoms with Gasteiger partial charge in [-0.3, -0.25) is 4.31 Å². The normalized spacial score (nSPS) is 20.6. The predicted molar refractivity (Wildman–Crippen MR) is 76.8 cm³/mol. The van der Waals surface area contributed by atoms with Crippen molar-refractivity contribution >= 4 is 27.5 Å². The number of fused-ring (bicyclic) bond motifs is 1. The van der Waals surface area contributed by atoms with Gasteiger partial charge in [0, 0.05) is 24.7 Å². The Bertz CT molecular complexity index is 582. The summed E-state index contributed by atoms with van der Waals surface area (Å²) in [4.78, 5) is 0. The van der Waals surface area contributed by atoms with Crippen molar-refractivity contribution in [3.63, 3.8) is 0 Å². The fourth-order valence-corrected chi connectivity index (χ4v) is 4.81. The van der Waals surface area contributed by atoms with Crippen molar-refractivity contribution in [3.05, 3.63) is 28.8 Å². The molecule has 0 aliphatic carbocycles. The molecule has 0 atom stereocenters. The first kappa shape index (κ1) is 13.2. The van der Waals surface area contributed by atoms with Gasteiger partial charge in [-0.1, -0.05) is 11.6 Å². The maximum atomic E-state index is 12.7. The topological polar surface area (TPSA) is 40.6 Å². The van der Waals surface area contributed by atoms with Gasteiger partial charge in [0.05, 0.1) is 5.69 Å². The molecule has 4 nitrogen and oxygen atoms in total. The number of aryl methyl sites for hydroxylation is 1. The van der Waals surface area contributed by atoms with E-state index in [2.05, 4.69) is 0 Å². The summed E-state index contributed by atoms with van der Waals surface area (Å²) < 4.78 is 28.5. The van der Waals surface area contributed by atoms with Crippen LogP contribution in [-0.4, -0.2) is 32.4 Å². The molecule has 19 heavy (non-hydrogen) atoms. The predicted octanol–water partition coefficient (Wildman–Crippen LogP) is 2.43. The molecule has 3 rings (SSSR count). The average molecular weight is 301 g/mol. The van der Waals surface area contributed by atoms with Crippen LogP contribution in [0.4, 0.5) is 5.69 Å². The van der Waals surface area contributed by atoms with Crippen LogP contribution in [0.2, 0.25) is 5.02 Å². The van der Waals surface area contributed by atoms with Crippen LogP contribution in [0.15, 0.2) is 18.2 Å². The lowest BCUT2D eigenvalue weighted by molar-refractivity contribution is 0.471. The lowest BCUT2D eigenvalue weighted by Crippen LogP contribution is -2.44. The second kappa shape index (κ2) is 4.96. The van der Waals surface area contributed by atoms with E-state index in [0.717, 1.165) is 36.9 Å². The first-order chi connectivity index (χ1) is 9.09. The highest BCUT2D eigenvalue weighted by Gasteiger charge is 2.34. The summed E-state index contributed by atoms with van der Waals surface area (Å²) in [5.74, 6) is 0. The molecule has 2 heterocycles. The minimum Gasteiger partial charge on any atom is -0.257 e. The van der Waals surface area contributed by atoms with Crippen molar-refractivity contribution in [1.82, 2.24) is 4.31 Å². The third kappa shape index (κ3) is 2.35. The Morgan fingerprint density at radius 3 is 2.53 bits per heavy atom. The largest absolute Gasteiger partial charge is 0.304 e. The molecular weight excluding hydrogens is 284 g/mol. The lowest BCUT2D eigenvalue weighted by Gasteiger charge is -2.33. The summed E-state index contributed by atoms with van der Waals surface area (Å²) in [7, 11) is -3.36. The third-order valence-electron chi connectivity index (χ3n) is 3.79. The Kier molecular flexibility index (Phi) is 3.45. The van der Waals surface area contributed by atoms with E-state index in [1.807, 2.05) is 12.1 Å². The maximum Gasteiger partial charge on any atom is 0.304 e. The van der Waals surface area contributed by atoms with Crippen LogP contribution in [0.5, 0.6) is 0 Å². The van der Waals surface area contributed by atoms with Crippen LogP contribution in [0.1, 0.15) is 24.8 Å². The van der Waals surface area contributed by atoms with Gasteiger partial charge in [0.2, 0.25) is 0 Å². The number of anilines is 1. The van der Waals surface area contributed by atoms with Crippen molar-refractivity contribution in [2.75, 3.05) is 23.9 Å². The fourth-order valence-electron chi connectivity index (χ4n) is 2.83. The molecule has 0 aromatic heterocycles. The number of benzene rings is 1. The van der Waals surface area contributed by atoms with E-state index in [0.29, 0.717) is 24.7 Å². The highest BCUT2D eigenvalue weighted by atomic mass is 35.5. The number of nitrogens with zero attached hydrogens (tertiary/aromatic N) is 2. The molecule has 0 N–H and O–H groups in total. The second-order valence-electron chi connectivity index (χ2n) is 5.06. The molecule has 0 unspecified atom stereocenters. The summed E-state index contributed by atoms with van der Waals surface area (Å²) in [6.45, 7) is 1.84. The summed E-state index contributed by atoms with van der Waals surface area (Å²) in [5.41, 5.74) is 1.82. The van der Waals surface area contributed by atoms with E-state index in [4.69, 9.17) is 11.6 Å². The maximum absolute atomic E-state index is 12.7. The number of rotatable bonds is 2. The Hall–Kier alpha value is -0.780. The van der Waals surface area contributed by atoms with Gasteiger partial charge in [0.1, 0.15) is 0 Å². The summed E-state index contributed by atoms with van der Waals surface area (Å²) in [5, 5.41) is 0.666. The van der Waals surface area contributed by atoms with E-state index in [-0.39, 0.29) is 0 Å². The van der Waals surface area contributed by atoms with Crippen molar-refractivity contribution in [1.29, 1.82) is 0 Å². The molecule has 0 spiro atoms. The summed E-state index contributed by atoms with van der Waals surface area (Å²) >= 11 is 5.99. The number of hydrogen-bond acceptors (Lipinski definition) is 2. The molecule has 0 radical (unpaired) electrons. The van der Waals surface area contributed by atoms with Crippen molar-refractivity contribution < 1.29 is 8.42 Å². The third-order valence-corrected chi connectivity index (χ3v) is 5.98. The van der Waals surface area contributed by atoms with Crippen LogP contribution in [-0.2, 0) is 16.6 Å². The SMILES string of the molecule is O=S(=O)(N1CCCC1)N1CCCc2cc(Cl)ccc21. The van der Waals surface area contributed by atoms with E-state index < -0.39 is 10.2 Å². The Morgan fingerprint density at radius 2 is 1.79 bits per heavy atom. The van der Waals surface area contributed by atoms with Crippen molar-refractivity contribution in [3.8, 4) is 0 Å². The Labute approximate surface area is 119 Å². The average Bonchev–Trinajstić information content (AvgIpc) is 2.92. The molecular formula is C13H17ClN2O2S. The lowest BCUT2D eigenvalue weighted by atomic mass is 10.0. The number of hydrogen-bond donors (Lipinski definition) is 0. The van der Waals surface area contributed by atoms with Gasteiger partial charge in [-0.25, -0.2) is 0 Å². The van der Waals surface area contributed by atoms with Gasteiger partial charge < -0.3 is 0 Å². The van der Waals surface area contributed by atoms with Gasteiger partial charge in [0.15, 0.2) is 0 Å². The van der Waals surface area contributed by atoms with Gasteiger partial charge in [0.25, 0.3) is 0 Å². The minimum atomic E-state index is -3.36. The highest BCUT2D eigenvalue weighted by Crippen LogP contribution is 2.33. The Balaban J connectivity index is 1.99. The zero-order valence-electron chi connectivity index (χ0n) is 10.7. The van der Waals surface area contributed by atoms with Crippen LogP contribution in [0.25, 0.3) is 0 Å². The molecule has 1 aromatic rings. The molecule has 0 bridgehead atoms. The van der Waals surface area contributed by atoms with Gasteiger partial charge in [-0.05, 0) is 49.4 Å². The van der Waals surface area contributed by atoms with Crippen LogP contribution < -0.4 is 4.31 Å². The molecule has 0 saturated carbocycles. The molecule has 6 heteroatoms. The summed E-state index contributed by atoms with van der Waals surface area (Å²) in [6.07, 6.45) is 3.66. The van der Waals surface area contributed by atoms with Gasteiger partial charge in [-0.15, -0.1) is 0 Å². The van der Waals surface area contributed by atoms with E-state index in [9.17, 15) is 8.42 Å². The van der Waals surface area contributed by atoms with Crippen molar-refractivity contribution in [2.45, 2.75) is 25.7 Å². The fraction of sp³-hybridized carbons (Fsp3) is 0.538. The minimum absolute atomic E-state index is 0.563. The molecule has 1 saturated heterocycles. The van der Waals surface area contributed by atoms with Crippen LogP contribution >= 0.6 is 11.6 Å². The second-order valence-corrected chi connectivity index (χ2v) is 7.35. The molecule has 0 amide bonds. The van der Waals surface area contributed by atoms with E-state index >= 15 is 0 Å². The molecule has 2 aliphatic heterocycles. The number of halogens is 1. The standard InChI is InChI=1S/C13H17ClN2O2S/c14-12-5-6-13-11(10-12)4-3-9-16(13)19(17,18)15-7-1-2-8-15/h5-6,10H,1-4,7-9H2. The zero-order chi connectivity index (χ0) is 13.5. The van der Waals surface area contributed by atoms with Crippen molar-refractivity contribution in [2.24, 2.45) is 0 Å². The highest BCUT2D eigenvalue weighted by molar-refractivity contribution is 7.90. The van der Waals surface area contributed by atoms with E-state index in [1.54, 1.807) is 14.7 Å². The molecule has 1 aromatic carbocycles. The van der Waals surface area contributed by atoms with Gasteiger partial charge in [-0.2, -0.15) is 12.7 Å². The van der Waals surface area contributed by atoms with Crippen LogP contribution in [0, 0.1) is 0 Å².